The Hall–Kier alpha value is -5.24. The number of nitrogens with zero attached hydrogens (tertiary/aromatic N) is 3. The molecule has 6 N–H and O–H groups in total. The average molecular weight is 661 g/mol. The fraction of sp³-hybridized carbons (Fsp3) is 0.421. The van der Waals surface area contributed by atoms with Gasteiger partial charge >= 0.3 is 0 Å². The number of amides is 3. The summed E-state index contributed by atoms with van der Waals surface area (Å²) in [6.45, 7) is 8.25. The molecule has 2 saturated carbocycles. The molecule has 0 unspecified atom stereocenters. The molecule has 11 heteroatoms. The van der Waals surface area contributed by atoms with Gasteiger partial charge in [0, 0.05) is 24.7 Å². The third-order valence-electron chi connectivity index (χ3n) is 9.98. The van der Waals surface area contributed by atoms with E-state index in [9.17, 15) is 19.6 Å². The SMILES string of the molecule is CC(C)[C@H](CC(=O)NC1(C#N)CC1)c1ncc(-c2ccc(-c3ccc(-c4cnc([C@@H](CC(=O)NC5(C(N)=O)CC5)C(C)C)[nH]4)cc3)cc2)[nH]1. The zero-order chi connectivity index (χ0) is 34.9. The first-order chi connectivity index (χ1) is 23.4. The van der Waals surface area contributed by atoms with Gasteiger partial charge in [0.25, 0.3) is 0 Å². The molecule has 2 fully saturated rings. The van der Waals surface area contributed by atoms with Crippen LogP contribution in [0.1, 0.15) is 89.7 Å². The van der Waals surface area contributed by atoms with E-state index in [0.29, 0.717) is 25.7 Å². The van der Waals surface area contributed by atoms with Crippen LogP contribution in [-0.2, 0) is 14.4 Å². The summed E-state index contributed by atoms with van der Waals surface area (Å²) in [4.78, 5) is 53.3. The van der Waals surface area contributed by atoms with Gasteiger partial charge in [0.2, 0.25) is 17.7 Å². The highest BCUT2D eigenvalue weighted by Gasteiger charge is 2.50. The molecular formula is C38H44N8O3. The van der Waals surface area contributed by atoms with Crippen molar-refractivity contribution in [3.8, 4) is 39.7 Å². The second-order valence-corrected chi connectivity index (χ2v) is 14.4. The number of carbonyl (C=O) groups excluding carboxylic acids is 3. The van der Waals surface area contributed by atoms with Gasteiger partial charge in [-0.2, -0.15) is 5.26 Å². The molecule has 2 atom stereocenters. The Kier molecular flexibility index (Phi) is 9.16. The number of aromatic nitrogens is 4. The van der Waals surface area contributed by atoms with Gasteiger partial charge in [-0.3, -0.25) is 14.4 Å². The van der Waals surface area contributed by atoms with Crippen molar-refractivity contribution in [3.05, 3.63) is 72.6 Å². The lowest BCUT2D eigenvalue weighted by molar-refractivity contribution is -0.128. The molecule has 11 nitrogen and oxygen atoms in total. The van der Waals surface area contributed by atoms with E-state index >= 15 is 0 Å². The molecule has 49 heavy (non-hydrogen) atoms. The smallest absolute Gasteiger partial charge is 0.243 e. The number of carbonyl (C=O) groups is 3. The van der Waals surface area contributed by atoms with Crippen LogP contribution in [0.2, 0.25) is 0 Å². The fourth-order valence-corrected chi connectivity index (χ4v) is 6.31. The highest BCUT2D eigenvalue weighted by Crippen LogP contribution is 2.37. The monoisotopic (exact) mass is 660 g/mol. The largest absolute Gasteiger partial charge is 0.368 e. The van der Waals surface area contributed by atoms with Gasteiger partial charge in [-0.1, -0.05) is 76.2 Å². The van der Waals surface area contributed by atoms with E-state index in [1.54, 1.807) is 6.20 Å². The molecule has 0 bridgehead atoms. The summed E-state index contributed by atoms with van der Waals surface area (Å²) in [6.07, 6.45) is 6.69. The maximum absolute atomic E-state index is 12.8. The molecule has 3 amide bonds. The lowest BCUT2D eigenvalue weighted by Gasteiger charge is -2.20. The molecule has 2 aromatic carbocycles. The molecule has 2 aliphatic carbocycles. The molecule has 2 heterocycles. The predicted octanol–water partition coefficient (Wildman–Crippen LogP) is 5.70. The lowest BCUT2D eigenvalue weighted by Crippen LogP contribution is -2.47. The van der Waals surface area contributed by atoms with Crippen LogP contribution in [0.4, 0.5) is 0 Å². The van der Waals surface area contributed by atoms with Crippen LogP contribution in [0.25, 0.3) is 33.6 Å². The number of imidazole rings is 2. The zero-order valence-corrected chi connectivity index (χ0v) is 28.5. The quantitative estimate of drug-likeness (QED) is 0.116. The maximum atomic E-state index is 12.8. The van der Waals surface area contributed by atoms with Crippen molar-refractivity contribution < 1.29 is 14.4 Å². The van der Waals surface area contributed by atoms with Gasteiger partial charge in [-0.05, 0) is 59.8 Å². The molecule has 6 rings (SSSR count). The Morgan fingerprint density at radius 3 is 1.49 bits per heavy atom. The van der Waals surface area contributed by atoms with Crippen LogP contribution in [0.5, 0.6) is 0 Å². The number of hydrogen-bond donors (Lipinski definition) is 5. The summed E-state index contributed by atoms with van der Waals surface area (Å²) in [5.74, 6) is 0.821. The van der Waals surface area contributed by atoms with Gasteiger partial charge in [-0.15, -0.1) is 0 Å². The third kappa shape index (κ3) is 7.43. The summed E-state index contributed by atoms with van der Waals surface area (Å²) in [7, 11) is 0. The van der Waals surface area contributed by atoms with Crippen molar-refractivity contribution in [2.24, 2.45) is 17.6 Å². The van der Waals surface area contributed by atoms with Crippen LogP contribution in [0, 0.1) is 23.2 Å². The summed E-state index contributed by atoms with van der Waals surface area (Å²) < 4.78 is 0. The highest BCUT2D eigenvalue weighted by atomic mass is 16.2. The van der Waals surface area contributed by atoms with Crippen molar-refractivity contribution in [1.29, 1.82) is 5.26 Å². The standard InChI is InChI=1S/C38H44N8O3/c1-22(2)28(17-32(47)45-37(21-39)13-14-37)34-41-19-30(43-34)26-9-5-24(6-10-26)25-7-11-27(12-8-25)31-20-42-35(44-31)29(23(3)4)18-33(48)46-38(15-16-38)36(40)49/h5-12,19-20,22-23,28-29H,13-18H2,1-4H3,(H2,40,49)(H,41,43)(H,42,44)(H,45,47)(H,46,48)/t28-,29-/m0/s1. The summed E-state index contributed by atoms with van der Waals surface area (Å²) in [5, 5.41) is 15.1. The minimum Gasteiger partial charge on any atom is -0.368 e. The van der Waals surface area contributed by atoms with Crippen molar-refractivity contribution in [1.82, 2.24) is 30.6 Å². The molecular weight excluding hydrogens is 616 g/mol. The molecule has 0 radical (unpaired) electrons. The van der Waals surface area contributed by atoms with Crippen molar-refractivity contribution in [2.45, 2.75) is 89.1 Å². The second kappa shape index (κ2) is 13.3. The van der Waals surface area contributed by atoms with Gasteiger partial charge in [0.05, 0.1) is 29.9 Å². The topological polar surface area (TPSA) is 182 Å². The minimum atomic E-state index is -0.880. The van der Waals surface area contributed by atoms with Gasteiger partial charge < -0.3 is 26.3 Å². The number of nitriles is 1. The molecule has 0 saturated heterocycles. The first kappa shape index (κ1) is 33.7. The summed E-state index contributed by atoms with van der Waals surface area (Å²) in [6, 6.07) is 18.7. The molecule has 0 aliphatic heterocycles. The number of hydrogen-bond acceptors (Lipinski definition) is 6. The van der Waals surface area contributed by atoms with Crippen LogP contribution in [-0.4, -0.2) is 48.7 Å². The Morgan fingerprint density at radius 2 is 1.14 bits per heavy atom. The molecule has 2 aromatic heterocycles. The first-order valence-electron chi connectivity index (χ1n) is 17.0. The van der Waals surface area contributed by atoms with E-state index in [-0.39, 0.29) is 48.3 Å². The van der Waals surface area contributed by atoms with E-state index in [2.05, 4.69) is 101 Å². The van der Waals surface area contributed by atoms with Crippen molar-refractivity contribution in [2.75, 3.05) is 0 Å². The number of nitrogens with one attached hydrogen (secondary N) is 4. The molecule has 254 valence electrons. The van der Waals surface area contributed by atoms with Crippen LogP contribution in [0.15, 0.2) is 60.9 Å². The third-order valence-corrected chi connectivity index (χ3v) is 9.98. The molecule has 0 spiro atoms. The van der Waals surface area contributed by atoms with E-state index in [1.807, 2.05) is 18.3 Å². The van der Waals surface area contributed by atoms with Crippen LogP contribution >= 0.6 is 0 Å². The van der Waals surface area contributed by atoms with Gasteiger partial charge in [-0.25, -0.2) is 9.97 Å². The minimum absolute atomic E-state index is 0.0918. The maximum Gasteiger partial charge on any atom is 0.243 e. The number of rotatable bonds is 14. The van der Waals surface area contributed by atoms with E-state index in [1.165, 1.54) is 0 Å². The number of aromatic amines is 2. The van der Waals surface area contributed by atoms with E-state index in [4.69, 9.17) is 5.73 Å². The first-order valence-corrected chi connectivity index (χ1v) is 17.0. The highest BCUT2D eigenvalue weighted by molar-refractivity contribution is 5.93. The van der Waals surface area contributed by atoms with E-state index < -0.39 is 17.0 Å². The van der Waals surface area contributed by atoms with Crippen LogP contribution < -0.4 is 16.4 Å². The fourth-order valence-electron chi connectivity index (χ4n) is 6.31. The summed E-state index contributed by atoms with van der Waals surface area (Å²) in [5.41, 5.74) is 9.78. The van der Waals surface area contributed by atoms with Gasteiger partial charge in [0.1, 0.15) is 22.7 Å². The number of primary amides is 1. The number of benzene rings is 2. The van der Waals surface area contributed by atoms with Crippen molar-refractivity contribution >= 4 is 17.7 Å². The second-order valence-electron chi connectivity index (χ2n) is 14.4. The van der Waals surface area contributed by atoms with Crippen molar-refractivity contribution in [3.63, 3.8) is 0 Å². The number of H-pyrrole nitrogens is 2. The Bertz CT molecular complexity index is 1870. The average Bonchev–Trinajstić information content (AvgIpc) is 3.92. The van der Waals surface area contributed by atoms with E-state index in [0.717, 1.165) is 45.3 Å². The molecule has 4 aromatic rings. The summed E-state index contributed by atoms with van der Waals surface area (Å²) >= 11 is 0. The van der Waals surface area contributed by atoms with Gasteiger partial charge in [0.15, 0.2) is 0 Å². The Labute approximate surface area is 286 Å². The number of nitrogens with two attached hydrogens (primary N) is 1. The molecule has 2 aliphatic rings. The Balaban J connectivity index is 1.09. The lowest BCUT2D eigenvalue weighted by atomic mass is 9.91. The normalized spacial score (nSPS) is 16.8. The van der Waals surface area contributed by atoms with Crippen LogP contribution in [0.3, 0.4) is 0 Å². The zero-order valence-electron chi connectivity index (χ0n) is 28.5. The predicted molar refractivity (Wildman–Crippen MR) is 186 cm³/mol. The Morgan fingerprint density at radius 1 is 0.735 bits per heavy atom.